The van der Waals surface area contributed by atoms with E-state index in [1.54, 1.807) is 18.2 Å². The molecule has 9 heteroatoms. The Morgan fingerprint density at radius 2 is 2.33 bits per heavy atom. The molecule has 0 spiro atoms. The third kappa shape index (κ3) is 4.48. The van der Waals surface area contributed by atoms with Gasteiger partial charge in [-0.05, 0) is 25.0 Å². The second-order valence-corrected chi connectivity index (χ2v) is 6.13. The molecule has 2 N–H and O–H groups in total. The molecular weight excluding hydrogens is 348 g/mol. The Kier molecular flexibility index (Phi) is 5.78. The van der Waals surface area contributed by atoms with Gasteiger partial charge in [-0.1, -0.05) is 6.07 Å². The summed E-state index contributed by atoms with van der Waals surface area (Å²) in [6, 6.07) is 6.89. The van der Waals surface area contributed by atoms with E-state index in [0.29, 0.717) is 48.3 Å². The van der Waals surface area contributed by atoms with Gasteiger partial charge in [0.05, 0.1) is 24.5 Å². The molecule has 2 aromatic heterocycles. The number of hydrogen-bond acceptors (Lipinski definition) is 8. The number of carbonyl (C=O) groups is 1. The predicted molar refractivity (Wildman–Crippen MR) is 97.1 cm³/mol. The summed E-state index contributed by atoms with van der Waals surface area (Å²) in [7, 11) is 0. The van der Waals surface area contributed by atoms with Crippen LogP contribution in [0.3, 0.4) is 0 Å². The van der Waals surface area contributed by atoms with Gasteiger partial charge in [0.25, 0.3) is 0 Å². The number of hydrogen-bond donors (Lipinski definition) is 2. The highest BCUT2D eigenvalue weighted by Crippen LogP contribution is 2.27. The van der Waals surface area contributed by atoms with Gasteiger partial charge in [-0.3, -0.25) is 9.69 Å². The van der Waals surface area contributed by atoms with Crippen LogP contribution in [-0.4, -0.2) is 45.2 Å². The number of amides is 1. The fraction of sp³-hybridized carbons (Fsp3) is 0.389. The number of nitrogens with zero attached hydrogens (tertiary/aromatic N) is 5. The maximum atomic E-state index is 11.9. The van der Waals surface area contributed by atoms with Gasteiger partial charge in [-0.25, -0.2) is 9.97 Å². The third-order valence-corrected chi connectivity index (χ3v) is 4.16. The average Bonchev–Trinajstić information content (AvgIpc) is 2.75. The van der Waals surface area contributed by atoms with Crippen molar-refractivity contribution in [3.63, 3.8) is 0 Å². The van der Waals surface area contributed by atoms with Gasteiger partial charge in [0, 0.05) is 13.5 Å². The zero-order valence-electron chi connectivity index (χ0n) is 14.9. The Morgan fingerprint density at radius 1 is 1.48 bits per heavy atom. The van der Waals surface area contributed by atoms with Gasteiger partial charge in [0.15, 0.2) is 11.6 Å². The second-order valence-electron chi connectivity index (χ2n) is 6.13. The number of anilines is 2. The lowest BCUT2D eigenvalue weighted by Crippen LogP contribution is -2.31. The average molecular weight is 368 g/mol. The van der Waals surface area contributed by atoms with Crippen LogP contribution in [0.25, 0.3) is 0 Å². The summed E-state index contributed by atoms with van der Waals surface area (Å²) in [5.74, 6) is 0.936. The maximum Gasteiger partial charge on any atom is 0.234 e. The molecule has 0 radical (unpaired) electrons. The Labute approximate surface area is 156 Å². The largest absolute Gasteiger partial charge is 0.482 e. The first-order valence-electron chi connectivity index (χ1n) is 8.62. The number of rotatable bonds is 4. The summed E-state index contributed by atoms with van der Waals surface area (Å²) in [4.78, 5) is 26.2. The quantitative estimate of drug-likeness (QED) is 0.826. The van der Waals surface area contributed by atoms with Crippen molar-refractivity contribution in [3.05, 3.63) is 35.8 Å². The summed E-state index contributed by atoms with van der Waals surface area (Å²) in [6.07, 6.45) is 2.88. The van der Waals surface area contributed by atoms with Crippen LogP contribution < -0.4 is 15.0 Å². The molecule has 3 rings (SSSR count). The molecule has 3 heterocycles. The van der Waals surface area contributed by atoms with E-state index in [-0.39, 0.29) is 25.2 Å². The number of nitrogens with one attached hydrogen (secondary N) is 1. The zero-order valence-corrected chi connectivity index (χ0v) is 14.9. The molecule has 9 nitrogen and oxygen atoms in total. The van der Waals surface area contributed by atoms with Crippen LogP contribution in [0.5, 0.6) is 5.75 Å². The van der Waals surface area contributed by atoms with Gasteiger partial charge in [0.1, 0.15) is 18.4 Å². The molecule has 140 valence electrons. The van der Waals surface area contributed by atoms with Crippen LogP contribution >= 0.6 is 0 Å². The summed E-state index contributed by atoms with van der Waals surface area (Å²) in [6.45, 7) is 2.02. The van der Waals surface area contributed by atoms with E-state index in [1.807, 2.05) is 6.07 Å². The smallest absolute Gasteiger partial charge is 0.234 e. The molecule has 1 atom stereocenters. The number of aliphatic hydroxyl groups excluding tert-OH is 1. The molecule has 1 unspecified atom stereocenters. The number of fused-ring (bicyclic) bond motifs is 2. The molecule has 27 heavy (non-hydrogen) atoms. The fourth-order valence-corrected chi connectivity index (χ4v) is 2.77. The van der Waals surface area contributed by atoms with Crippen molar-refractivity contribution < 1.29 is 14.6 Å². The number of ether oxygens (including phenoxy) is 1. The highest BCUT2D eigenvalue weighted by atomic mass is 16.5. The van der Waals surface area contributed by atoms with Crippen molar-refractivity contribution in [3.8, 4) is 11.8 Å². The Morgan fingerprint density at radius 3 is 3.07 bits per heavy atom. The number of aromatic nitrogens is 3. The van der Waals surface area contributed by atoms with E-state index in [4.69, 9.17) is 10.00 Å². The monoisotopic (exact) mass is 368 g/mol. The van der Waals surface area contributed by atoms with Gasteiger partial charge >= 0.3 is 0 Å². The SMILES string of the molecule is CC(=O)N1CCCC(CO)Nc2nc1ncc2OCc1cccc(C#N)n1. The minimum absolute atomic E-state index is 0.0649. The zero-order chi connectivity index (χ0) is 19.2. The predicted octanol–water partition coefficient (Wildman–Crippen LogP) is 1.24. The van der Waals surface area contributed by atoms with Crippen LogP contribution in [0.1, 0.15) is 31.2 Å². The molecule has 0 fully saturated rings. The summed E-state index contributed by atoms with van der Waals surface area (Å²) in [5, 5.41) is 21.7. The van der Waals surface area contributed by atoms with Crippen LogP contribution in [0.15, 0.2) is 24.4 Å². The molecule has 1 aliphatic rings. The van der Waals surface area contributed by atoms with E-state index < -0.39 is 0 Å². The lowest BCUT2D eigenvalue weighted by molar-refractivity contribution is -0.116. The number of aliphatic hydroxyl groups is 1. The first-order valence-corrected chi connectivity index (χ1v) is 8.62. The lowest BCUT2D eigenvalue weighted by atomic mass is 10.1. The first kappa shape index (κ1) is 18.5. The Hall–Kier alpha value is -3.25. The minimum atomic E-state index is -0.206. The molecule has 2 aromatic rings. The van der Waals surface area contributed by atoms with E-state index in [1.165, 1.54) is 18.0 Å². The highest BCUT2D eigenvalue weighted by Gasteiger charge is 2.22. The maximum absolute atomic E-state index is 11.9. The Balaban J connectivity index is 1.86. The van der Waals surface area contributed by atoms with Gasteiger partial charge in [-0.15, -0.1) is 0 Å². The molecule has 2 bridgehead atoms. The topological polar surface area (TPSA) is 124 Å². The van der Waals surface area contributed by atoms with Crippen molar-refractivity contribution in [2.45, 2.75) is 32.4 Å². The van der Waals surface area contributed by atoms with E-state index in [2.05, 4.69) is 20.3 Å². The number of carbonyl (C=O) groups excluding carboxylic acids is 1. The van der Waals surface area contributed by atoms with E-state index in [9.17, 15) is 9.90 Å². The fourth-order valence-electron chi connectivity index (χ4n) is 2.77. The highest BCUT2D eigenvalue weighted by molar-refractivity contribution is 5.89. The first-order chi connectivity index (χ1) is 13.1. The van der Waals surface area contributed by atoms with Crippen molar-refractivity contribution >= 4 is 17.7 Å². The van der Waals surface area contributed by atoms with Gasteiger partial charge < -0.3 is 15.2 Å². The Bertz CT molecular complexity index is 866. The summed E-state index contributed by atoms with van der Waals surface area (Å²) in [5.41, 5.74) is 0.904. The molecule has 0 saturated heterocycles. The standard InChI is InChI=1S/C18H20N6O3/c1-12(26)24-7-3-6-14(10-25)22-17-16(9-20-18(24)23-17)27-11-15-5-2-4-13(8-19)21-15/h2,4-5,9,14,25H,3,6-7,10-11H2,1H3,(H,20,22,23). The molecule has 1 amide bonds. The third-order valence-electron chi connectivity index (χ3n) is 4.16. The van der Waals surface area contributed by atoms with Crippen LogP contribution in [0.4, 0.5) is 11.8 Å². The molecule has 0 saturated carbocycles. The lowest BCUT2D eigenvalue weighted by Gasteiger charge is -2.19. The molecule has 0 aliphatic carbocycles. The van der Waals surface area contributed by atoms with Crippen molar-refractivity contribution in [2.75, 3.05) is 23.4 Å². The van der Waals surface area contributed by atoms with Gasteiger partial charge in [0.2, 0.25) is 11.9 Å². The van der Waals surface area contributed by atoms with Crippen molar-refractivity contribution in [1.82, 2.24) is 15.0 Å². The van der Waals surface area contributed by atoms with Crippen molar-refractivity contribution in [2.24, 2.45) is 0 Å². The van der Waals surface area contributed by atoms with E-state index >= 15 is 0 Å². The van der Waals surface area contributed by atoms with Gasteiger partial charge in [-0.2, -0.15) is 10.2 Å². The number of nitriles is 1. The van der Waals surface area contributed by atoms with Crippen molar-refractivity contribution in [1.29, 1.82) is 5.26 Å². The van der Waals surface area contributed by atoms with Crippen LogP contribution in [-0.2, 0) is 11.4 Å². The minimum Gasteiger partial charge on any atom is -0.482 e. The summed E-state index contributed by atoms with van der Waals surface area (Å²) < 4.78 is 5.78. The summed E-state index contributed by atoms with van der Waals surface area (Å²) >= 11 is 0. The van der Waals surface area contributed by atoms with Crippen LogP contribution in [0.2, 0.25) is 0 Å². The molecular formula is C18H20N6O3. The number of pyridine rings is 1. The molecule has 0 aromatic carbocycles. The normalized spacial score (nSPS) is 16.3. The van der Waals surface area contributed by atoms with E-state index in [0.717, 1.165) is 0 Å². The molecule has 1 aliphatic heterocycles. The van der Waals surface area contributed by atoms with Crippen LogP contribution in [0, 0.1) is 11.3 Å². The second kappa shape index (κ2) is 8.42.